The second-order valence-corrected chi connectivity index (χ2v) is 8.26. The number of rotatable bonds is 8. The van der Waals surface area contributed by atoms with Gasteiger partial charge in [0.1, 0.15) is 11.5 Å². The first-order valence-electron chi connectivity index (χ1n) is 8.27. The van der Waals surface area contributed by atoms with Gasteiger partial charge in [-0.2, -0.15) is 4.72 Å². The first-order valence-corrected chi connectivity index (χ1v) is 10.5. The highest BCUT2D eigenvalue weighted by atomic mass is 35.5. The lowest BCUT2D eigenvalue weighted by molar-refractivity contribution is -0.117. The van der Waals surface area contributed by atoms with Gasteiger partial charge in [0.2, 0.25) is 15.9 Å². The van der Waals surface area contributed by atoms with Gasteiger partial charge >= 0.3 is 0 Å². The number of halogens is 2. The first kappa shape index (κ1) is 22.3. The van der Waals surface area contributed by atoms with Crippen molar-refractivity contribution in [3.05, 3.63) is 46.4 Å². The number of sulfonamides is 1. The summed E-state index contributed by atoms with van der Waals surface area (Å²) in [5.74, 6) is 0.189. The topological polar surface area (TPSA) is 93.7 Å². The van der Waals surface area contributed by atoms with Gasteiger partial charge in [-0.05, 0) is 50.2 Å². The molecule has 0 bridgehead atoms. The van der Waals surface area contributed by atoms with E-state index in [0.717, 1.165) is 0 Å². The summed E-state index contributed by atoms with van der Waals surface area (Å²) in [6.45, 7) is 3.60. The van der Waals surface area contributed by atoms with Crippen molar-refractivity contribution in [1.29, 1.82) is 0 Å². The van der Waals surface area contributed by atoms with Crippen molar-refractivity contribution >= 4 is 44.8 Å². The van der Waals surface area contributed by atoms with Crippen molar-refractivity contribution in [1.82, 2.24) is 4.72 Å². The maximum atomic E-state index is 12.6. The number of amides is 1. The Labute approximate surface area is 174 Å². The van der Waals surface area contributed by atoms with Crippen LogP contribution in [0, 0.1) is 0 Å². The maximum Gasteiger partial charge on any atom is 0.242 e. The third-order valence-corrected chi connectivity index (χ3v) is 5.73. The van der Waals surface area contributed by atoms with Gasteiger partial charge in [-0.25, -0.2) is 8.42 Å². The Morgan fingerprint density at radius 1 is 1.14 bits per heavy atom. The second kappa shape index (κ2) is 9.47. The van der Waals surface area contributed by atoms with Crippen LogP contribution in [-0.2, 0) is 14.8 Å². The number of ether oxygens (including phenoxy) is 2. The lowest BCUT2D eigenvalue weighted by atomic mass is 10.2. The molecular weight excluding hydrogens is 427 g/mol. The Hall–Kier alpha value is -2.00. The summed E-state index contributed by atoms with van der Waals surface area (Å²) < 4.78 is 37.9. The summed E-state index contributed by atoms with van der Waals surface area (Å²) in [7, 11) is -2.54. The van der Waals surface area contributed by atoms with Crippen LogP contribution in [-0.4, -0.2) is 34.1 Å². The highest BCUT2D eigenvalue weighted by molar-refractivity contribution is 7.89. The number of carbonyl (C=O) groups is 1. The number of benzene rings is 2. The normalized spacial score (nSPS) is 12.3. The van der Waals surface area contributed by atoms with E-state index in [2.05, 4.69) is 10.0 Å². The van der Waals surface area contributed by atoms with E-state index in [9.17, 15) is 13.2 Å². The average molecular weight is 447 g/mol. The summed E-state index contributed by atoms with van der Waals surface area (Å²) in [6, 6.07) is 7.71. The molecule has 0 saturated heterocycles. The van der Waals surface area contributed by atoms with Gasteiger partial charge in [0.15, 0.2) is 0 Å². The van der Waals surface area contributed by atoms with E-state index in [1.807, 2.05) is 0 Å². The fourth-order valence-corrected chi connectivity index (χ4v) is 4.00. The summed E-state index contributed by atoms with van der Waals surface area (Å²) in [6.07, 6.45) is 0. The summed E-state index contributed by atoms with van der Waals surface area (Å²) in [5.41, 5.74) is 0.329. The molecule has 0 aliphatic heterocycles. The van der Waals surface area contributed by atoms with E-state index in [0.29, 0.717) is 28.8 Å². The van der Waals surface area contributed by atoms with Crippen LogP contribution >= 0.6 is 23.2 Å². The van der Waals surface area contributed by atoms with Gasteiger partial charge in [-0.15, -0.1) is 0 Å². The summed E-state index contributed by atoms with van der Waals surface area (Å²) in [5, 5.41) is 3.15. The van der Waals surface area contributed by atoms with Crippen LogP contribution in [0.1, 0.15) is 13.8 Å². The van der Waals surface area contributed by atoms with Crippen molar-refractivity contribution in [2.24, 2.45) is 0 Å². The molecule has 0 spiro atoms. The smallest absolute Gasteiger partial charge is 0.242 e. The molecule has 1 atom stereocenters. The zero-order valence-corrected chi connectivity index (χ0v) is 17.8. The van der Waals surface area contributed by atoms with E-state index < -0.39 is 22.0 Å². The number of carbonyl (C=O) groups excluding carboxylic acids is 1. The van der Waals surface area contributed by atoms with E-state index in [-0.39, 0.29) is 9.92 Å². The van der Waals surface area contributed by atoms with E-state index in [4.69, 9.17) is 32.7 Å². The summed E-state index contributed by atoms with van der Waals surface area (Å²) >= 11 is 12.0. The Bertz CT molecular complexity index is 966. The lowest BCUT2D eigenvalue weighted by Gasteiger charge is -2.16. The van der Waals surface area contributed by atoms with Gasteiger partial charge in [0.25, 0.3) is 0 Å². The van der Waals surface area contributed by atoms with Gasteiger partial charge in [-0.1, -0.05) is 23.2 Å². The predicted molar refractivity (Wildman–Crippen MR) is 109 cm³/mol. The zero-order chi connectivity index (χ0) is 20.9. The van der Waals surface area contributed by atoms with Crippen LogP contribution in [0.5, 0.6) is 11.5 Å². The molecular formula is C18H20Cl2N2O5S. The van der Waals surface area contributed by atoms with Gasteiger partial charge in [-0.3, -0.25) is 4.79 Å². The number of nitrogens with one attached hydrogen (secondary N) is 2. The van der Waals surface area contributed by atoms with Crippen molar-refractivity contribution < 1.29 is 22.7 Å². The Morgan fingerprint density at radius 3 is 2.43 bits per heavy atom. The summed E-state index contributed by atoms with van der Waals surface area (Å²) in [4.78, 5) is 12.3. The number of hydrogen-bond acceptors (Lipinski definition) is 5. The second-order valence-electron chi connectivity index (χ2n) is 5.70. The zero-order valence-electron chi connectivity index (χ0n) is 15.5. The fourth-order valence-electron chi connectivity index (χ4n) is 2.29. The molecule has 2 rings (SSSR count). The molecule has 1 amide bonds. The number of methoxy groups -OCH3 is 1. The Kier molecular flexibility index (Phi) is 7.54. The standard InChI is InChI=1S/C18H20Cl2N2O5S/c1-4-27-16-8-6-13(10-14(16)20)28(24,25)22-11(2)18(23)21-15-9-12(19)5-7-17(15)26-3/h5-11,22H,4H2,1-3H3,(H,21,23)/t11-/m0/s1. The molecule has 10 heteroatoms. The van der Waals surface area contributed by atoms with Gasteiger partial charge in [0, 0.05) is 5.02 Å². The Morgan fingerprint density at radius 2 is 1.82 bits per heavy atom. The first-order chi connectivity index (χ1) is 13.2. The third kappa shape index (κ3) is 5.51. The molecule has 7 nitrogen and oxygen atoms in total. The predicted octanol–water partition coefficient (Wildman–Crippen LogP) is 3.71. The molecule has 0 saturated carbocycles. The van der Waals surface area contributed by atoms with Crippen LogP contribution in [0.15, 0.2) is 41.3 Å². The molecule has 0 fully saturated rings. The molecule has 0 aliphatic rings. The van der Waals surface area contributed by atoms with Gasteiger partial charge in [0.05, 0.1) is 35.4 Å². The van der Waals surface area contributed by atoms with Crippen molar-refractivity contribution in [2.75, 3.05) is 19.0 Å². The molecule has 2 aromatic rings. The van der Waals surface area contributed by atoms with Crippen LogP contribution in [0.2, 0.25) is 10.0 Å². The molecule has 28 heavy (non-hydrogen) atoms. The molecule has 0 aliphatic carbocycles. The molecule has 152 valence electrons. The van der Waals surface area contributed by atoms with Crippen LogP contribution in [0.25, 0.3) is 0 Å². The van der Waals surface area contributed by atoms with Crippen LogP contribution in [0.3, 0.4) is 0 Å². The quantitative estimate of drug-likeness (QED) is 0.644. The minimum Gasteiger partial charge on any atom is -0.495 e. The van der Waals surface area contributed by atoms with E-state index >= 15 is 0 Å². The van der Waals surface area contributed by atoms with Crippen molar-refractivity contribution in [3.8, 4) is 11.5 Å². The minimum absolute atomic E-state index is 0.0825. The molecule has 0 unspecified atom stereocenters. The average Bonchev–Trinajstić information content (AvgIpc) is 2.63. The molecule has 0 aromatic heterocycles. The highest BCUT2D eigenvalue weighted by Gasteiger charge is 2.23. The van der Waals surface area contributed by atoms with E-state index in [1.54, 1.807) is 19.1 Å². The van der Waals surface area contributed by atoms with Crippen LogP contribution in [0.4, 0.5) is 5.69 Å². The Balaban J connectivity index is 2.14. The van der Waals surface area contributed by atoms with Crippen molar-refractivity contribution in [2.45, 2.75) is 24.8 Å². The van der Waals surface area contributed by atoms with E-state index in [1.165, 1.54) is 38.3 Å². The van der Waals surface area contributed by atoms with Crippen molar-refractivity contribution in [3.63, 3.8) is 0 Å². The number of anilines is 1. The molecule has 0 radical (unpaired) electrons. The van der Waals surface area contributed by atoms with Crippen LogP contribution < -0.4 is 19.5 Å². The molecule has 2 N–H and O–H groups in total. The SMILES string of the molecule is CCOc1ccc(S(=O)(=O)N[C@@H](C)C(=O)Nc2cc(Cl)ccc2OC)cc1Cl. The molecule has 0 heterocycles. The largest absolute Gasteiger partial charge is 0.495 e. The molecule has 2 aromatic carbocycles. The fraction of sp³-hybridized carbons (Fsp3) is 0.278. The monoisotopic (exact) mass is 446 g/mol. The third-order valence-electron chi connectivity index (χ3n) is 3.66. The highest BCUT2D eigenvalue weighted by Crippen LogP contribution is 2.29. The lowest BCUT2D eigenvalue weighted by Crippen LogP contribution is -2.41. The van der Waals surface area contributed by atoms with Gasteiger partial charge < -0.3 is 14.8 Å². The maximum absolute atomic E-state index is 12.6. The number of hydrogen-bond donors (Lipinski definition) is 2. The minimum atomic E-state index is -3.98.